The summed E-state index contributed by atoms with van der Waals surface area (Å²) in [5, 5.41) is 18.0. The highest BCUT2D eigenvalue weighted by Crippen LogP contribution is 2.35. The molecule has 1 N–H and O–H groups in total. The van der Waals surface area contributed by atoms with Crippen LogP contribution in [0.1, 0.15) is 16.1 Å². The number of nitro benzene ring substituents is 1. The van der Waals surface area contributed by atoms with Gasteiger partial charge in [-0.1, -0.05) is 18.2 Å². The van der Waals surface area contributed by atoms with Gasteiger partial charge in [-0.15, -0.1) is 0 Å². The van der Waals surface area contributed by atoms with Gasteiger partial charge in [0.2, 0.25) is 0 Å². The van der Waals surface area contributed by atoms with E-state index < -0.39 is 22.6 Å². The van der Waals surface area contributed by atoms with Gasteiger partial charge in [-0.25, -0.2) is 4.68 Å². The van der Waals surface area contributed by atoms with E-state index in [2.05, 4.69) is 10.4 Å². The number of carbonyl (C=O) groups is 1. The Balaban J connectivity index is 1.46. The minimum atomic E-state index is -4.51. The number of rotatable bonds is 9. The van der Waals surface area contributed by atoms with Crippen molar-refractivity contribution in [3.05, 3.63) is 100 Å². The molecule has 0 spiro atoms. The molecule has 0 aliphatic heterocycles. The second kappa shape index (κ2) is 10.9. The van der Waals surface area contributed by atoms with Crippen LogP contribution in [-0.2, 0) is 12.9 Å². The van der Waals surface area contributed by atoms with Crippen molar-refractivity contribution in [3.63, 3.8) is 0 Å². The van der Waals surface area contributed by atoms with E-state index in [4.69, 9.17) is 14.2 Å². The number of para-hydroxylation sites is 2. The third kappa shape index (κ3) is 6.37. The topological polar surface area (TPSA) is 118 Å². The van der Waals surface area contributed by atoms with Gasteiger partial charge in [0.05, 0.1) is 29.4 Å². The molecule has 0 aliphatic carbocycles. The fraction of sp³-hybridized carbons (Fsp3) is 0.120. The van der Waals surface area contributed by atoms with Gasteiger partial charge in [0.1, 0.15) is 11.5 Å². The lowest BCUT2D eigenvalue weighted by molar-refractivity contribution is -0.384. The number of ether oxygens (including phenoxy) is 3. The van der Waals surface area contributed by atoms with E-state index in [-0.39, 0.29) is 35.3 Å². The van der Waals surface area contributed by atoms with E-state index in [0.29, 0.717) is 11.5 Å². The molecule has 0 fully saturated rings. The lowest BCUT2D eigenvalue weighted by atomic mass is 10.2. The van der Waals surface area contributed by atoms with E-state index in [0.717, 1.165) is 18.2 Å². The Hall–Kier alpha value is -5.07. The van der Waals surface area contributed by atoms with Crippen LogP contribution in [0.2, 0.25) is 0 Å². The van der Waals surface area contributed by atoms with E-state index in [1.54, 1.807) is 24.3 Å². The third-order valence-electron chi connectivity index (χ3n) is 5.06. The molecular formula is C25H19F3N4O6. The Morgan fingerprint density at radius 3 is 2.50 bits per heavy atom. The summed E-state index contributed by atoms with van der Waals surface area (Å²) in [5.41, 5.74) is -1.17. The Kier molecular flexibility index (Phi) is 7.46. The smallest absolute Gasteiger partial charge is 0.416 e. The predicted octanol–water partition coefficient (Wildman–Crippen LogP) is 5.90. The maximum atomic E-state index is 12.9. The maximum absolute atomic E-state index is 12.9. The molecule has 196 valence electrons. The number of halogens is 3. The number of non-ortho nitro benzene ring substituents is 1. The molecule has 0 saturated heterocycles. The first kappa shape index (κ1) is 26.0. The van der Waals surface area contributed by atoms with Crippen LogP contribution in [0, 0.1) is 10.1 Å². The van der Waals surface area contributed by atoms with Crippen LogP contribution in [0.4, 0.5) is 24.5 Å². The number of anilines is 1. The van der Waals surface area contributed by atoms with Crippen molar-refractivity contribution in [2.24, 2.45) is 0 Å². The summed E-state index contributed by atoms with van der Waals surface area (Å²) in [6.07, 6.45) is -3.12. The zero-order chi connectivity index (χ0) is 27.3. The molecule has 3 aromatic carbocycles. The minimum absolute atomic E-state index is 0.0273. The highest BCUT2D eigenvalue weighted by molar-refractivity contribution is 6.03. The molecule has 1 heterocycles. The van der Waals surface area contributed by atoms with E-state index in [1.165, 1.54) is 48.3 Å². The lowest BCUT2D eigenvalue weighted by Gasteiger charge is -2.11. The zero-order valence-electron chi connectivity index (χ0n) is 19.6. The van der Waals surface area contributed by atoms with Gasteiger partial charge in [-0.2, -0.15) is 18.3 Å². The van der Waals surface area contributed by atoms with Crippen molar-refractivity contribution in [2.75, 3.05) is 12.4 Å². The number of methoxy groups -OCH3 is 1. The van der Waals surface area contributed by atoms with Gasteiger partial charge in [-0.3, -0.25) is 14.9 Å². The van der Waals surface area contributed by atoms with Crippen molar-refractivity contribution in [1.29, 1.82) is 0 Å². The van der Waals surface area contributed by atoms with Gasteiger partial charge in [0.15, 0.2) is 23.9 Å². The molecule has 0 saturated carbocycles. The van der Waals surface area contributed by atoms with Crippen LogP contribution >= 0.6 is 0 Å². The number of nitrogens with one attached hydrogen (secondary N) is 1. The largest absolute Gasteiger partial charge is 0.493 e. The van der Waals surface area contributed by atoms with Crippen molar-refractivity contribution < 1.29 is 37.1 Å². The summed E-state index contributed by atoms with van der Waals surface area (Å²) in [5.74, 6) is 0.0841. The minimum Gasteiger partial charge on any atom is -0.493 e. The summed E-state index contributed by atoms with van der Waals surface area (Å²) < 4.78 is 56.1. The summed E-state index contributed by atoms with van der Waals surface area (Å²) in [6, 6.07) is 16.1. The highest BCUT2D eigenvalue weighted by atomic mass is 19.4. The number of nitro groups is 1. The van der Waals surface area contributed by atoms with Gasteiger partial charge in [0, 0.05) is 18.3 Å². The second-order valence-electron chi connectivity index (χ2n) is 7.72. The molecule has 0 aliphatic rings. The van der Waals surface area contributed by atoms with Gasteiger partial charge in [0.25, 0.3) is 11.6 Å². The summed E-state index contributed by atoms with van der Waals surface area (Å²) in [4.78, 5) is 23.5. The van der Waals surface area contributed by atoms with Crippen molar-refractivity contribution >= 4 is 17.3 Å². The Labute approximate surface area is 213 Å². The Bertz CT molecular complexity index is 1470. The number of hydrogen-bond acceptors (Lipinski definition) is 7. The fourth-order valence-corrected chi connectivity index (χ4v) is 3.30. The zero-order valence-corrected chi connectivity index (χ0v) is 19.6. The molecule has 13 heteroatoms. The third-order valence-corrected chi connectivity index (χ3v) is 5.06. The fourth-order valence-electron chi connectivity index (χ4n) is 3.30. The van der Waals surface area contributed by atoms with Crippen LogP contribution in [0.3, 0.4) is 0 Å². The molecule has 1 amide bonds. The highest BCUT2D eigenvalue weighted by Gasteiger charge is 2.30. The molecule has 4 aromatic rings. The number of amides is 1. The molecule has 0 atom stereocenters. The van der Waals surface area contributed by atoms with Crippen LogP contribution < -0.4 is 19.5 Å². The van der Waals surface area contributed by atoms with Crippen LogP contribution in [0.25, 0.3) is 0 Å². The SMILES string of the molecule is COc1ccccc1Oc1cc(NC(=O)c2ccn(COc3cccc(C(F)(F)F)c3)n2)cc([N+](=O)[O-])c1. The number of benzene rings is 3. The molecule has 4 rings (SSSR count). The molecule has 38 heavy (non-hydrogen) atoms. The van der Waals surface area contributed by atoms with Gasteiger partial charge < -0.3 is 19.5 Å². The molecule has 10 nitrogen and oxygen atoms in total. The first-order valence-corrected chi connectivity index (χ1v) is 10.9. The Morgan fingerprint density at radius 1 is 1.03 bits per heavy atom. The van der Waals surface area contributed by atoms with Crippen molar-refractivity contribution in [3.8, 4) is 23.0 Å². The summed E-state index contributed by atoms with van der Waals surface area (Å²) >= 11 is 0. The number of hydrogen-bond donors (Lipinski definition) is 1. The average Bonchev–Trinajstić information content (AvgIpc) is 3.37. The van der Waals surface area contributed by atoms with Crippen molar-refractivity contribution in [1.82, 2.24) is 9.78 Å². The molecular weight excluding hydrogens is 509 g/mol. The average molecular weight is 528 g/mol. The predicted molar refractivity (Wildman–Crippen MR) is 128 cm³/mol. The molecule has 0 unspecified atom stereocenters. The normalized spacial score (nSPS) is 11.1. The van der Waals surface area contributed by atoms with Crippen LogP contribution in [0.5, 0.6) is 23.0 Å². The van der Waals surface area contributed by atoms with E-state index in [1.807, 2.05) is 0 Å². The van der Waals surface area contributed by atoms with Crippen molar-refractivity contribution in [2.45, 2.75) is 12.9 Å². The number of carbonyl (C=O) groups excluding carboxylic acids is 1. The summed E-state index contributed by atoms with van der Waals surface area (Å²) in [7, 11) is 1.45. The second-order valence-corrected chi connectivity index (χ2v) is 7.72. The molecule has 0 bridgehead atoms. The Morgan fingerprint density at radius 2 is 1.79 bits per heavy atom. The first-order chi connectivity index (χ1) is 18.1. The van der Waals surface area contributed by atoms with Gasteiger partial charge >= 0.3 is 6.18 Å². The quantitative estimate of drug-likeness (QED) is 0.212. The number of alkyl halides is 3. The van der Waals surface area contributed by atoms with Gasteiger partial charge in [-0.05, 0) is 36.4 Å². The number of nitrogens with zero attached hydrogens (tertiary/aromatic N) is 3. The molecule has 0 radical (unpaired) electrons. The monoisotopic (exact) mass is 528 g/mol. The number of aromatic nitrogens is 2. The maximum Gasteiger partial charge on any atom is 0.416 e. The van der Waals surface area contributed by atoms with E-state index >= 15 is 0 Å². The van der Waals surface area contributed by atoms with Crippen LogP contribution in [0.15, 0.2) is 79.0 Å². The van der Waals surface area contributed by atoms with Crippen LogP contribution in [-0.4, -0.2) is 27.7 Å². The first-order valence-electron chi connectivity index (χ1n) is 10.9. The summed E-state index contributed by atoms with van der Waals surface area (Å²) in [6.45, 7) is -0.262. The lowest BCUT2D eigenvalue weighted by Crippen LogP contribution is -2.14. The van der Waals surface area contributed by atoms with E-state index in [9.17, 15) is 28.1 Å². The molecule has 1 aromatic heterocycles. The standard InChI is InChI=1S/C25H19F3N4O6/c1-36-22-7-2-3-8-23(22)38-20-13-17(12-18(14-20)32(34)35)29-24(33)21-9-10-31(30-21)15-37-19-6-4-5-16(11-19)25(26,27)28/h2-14H,15H2,1H3,(H,29,33).